The molecule has 0 amide bonds. The zero-order chi connectivity index (χ0) is 20.4. The normalized spacial score (nSPS) is 38.0. The van der Waals surface area contributed by atoms with Crippen molar-refractivity contribution in [2.75, 3.05) is 0 Å². The van der Waals surface area contributed by atoms with Gasteiger partial charge in [0.15, 0.2) is 5.41 Å². The topological polar surface area (TPSA) is 90.9 Å². The van der Waals surface area contributed by atoms with Crippen molar-refractivity contribution in [2.24, 2.45) is 34.5 Å². The minimum atomic E-state index is -1.27. The Labute approximate surface area is 170 Å². The van der Waals surface area contributed by atoms with Gasteiger partial charge in [0, 0.05) is 18.3 Å². The van der Waals surface area contributed by atoms with Crippen LogP contribution in [-0.2, 0) is 9.59 Å². The first kappa shape index (κ1) is 18.4. The van der Waals surface area contributed by atoms with Crippen molar-refractivity contribution in [1.29, 1.82) is 10.5 Å². The number of benzene rings is 1. The van der Waals surface area contributed by atoms with E-state index < -0.39 is 23.2 Å². The predicted octanol–water partition coefficient (Wildman–Crippen LogP) is 4.14. The Hall–Kier alpha value is -2.66. The summed E-state index contributed by atoms with van der Waals surface area (Å²) in [4.78, 5) is 25.0. The van der Waals surface area contributed by atoms with Gasteiger partial charge >= 0.3 is 5.97 Å². The fourth-order valence-electron chi connectivity index (χ4n) is 7.16. The Morgan fingerprint density at radius 2 is 1.48 bits per heavy atom. The molecule has 5 nitrogen and oxygen atoms in total. The second-order valence-electron chi connectivity index (χ2n) is 9.77. The number of rotatable bonds is 4. The van der Waals surface area contributed by atoms with Crippen molar-refractivity contribution in [2.45, 2.75) is 51.4 Å². The fraction of sp³-hybridized carbons (Fsp3) is 0.583. The van der Waals surface area contributed by atoms with Gasteiger partial charge in [0.2, 0.25) is 0 Å². The maximum Gasteiger partial charge on any atom is 0.308 e. The summed E-state index contributed by atoms with van der Waals surface area (Å²) in [6, 6.07) is 11.3. The van der Waals surface area contributed by atoms with E-state index in [0.29, 0.717) is 23.5 Å². The standard InChI is InChI=1S/C24H24N2O3/c1-14(27)29-19-4-2-18(3-5-19)20-21(24(20,12-25)13-26)22(28)23-9-15-6-16(10-23)8-17(7-15)11-23/h2-5,15-17,20-21H,6-11H2,1H3/t15?,16?,17?,20?,21-,23?/m1/s1. The van der Waals surface area contributed by atoms with Gasteiger partial charge in [-0.25, -0.2) is 0 Å². The molecule has 5 fully saturated rings. The quantitative estimate of drug-likeness (QED) is 0.571. The molecule has 5 saturated carbocycles. The third-order valence-electron chi connectivity index (χ3n) is 7.92. The molecule has 5 aliphatic rings. The second-order valence-corrected chi connectivity index (χ2v) is 9.77. The Morgan fingerprint density at radius 3 is 1.93 bits per heavy atom. The molecule has 5 aliphatic carbocycles. The highest BCUT2D eigenvalue weighted by Gasteiger charge is 2.73. The van der Waals surface area contributed by atoms with Gasteiger partial charge in [0.25, 0.3) is 0 Å². The van der Waals surface area contributed by atoms with Crippen molar-refractivity contribution in [3.05, 3.63) is 29.8 Å². The van der Waals surface area contributed by atoms with Gasteiger partial charge in [-0.2, -0.15) is 10.5 Å². The number of hydrogen-bond donors (Lipinski definition) is 0. The SMILES string of the molecule is CC(=O)Oc1ccc(C2[C@H](C(=O)C34CC5CC(CC(C5)C3)C4)C2(C#N)C#N)cc1. The first-order valence-electron chi connectivity index (χ1n) is 10.6. The number of ketones is 1. The van der Waals surface area contributed by atoms with Crippen LogP contribution in [0.4, 0.5) is 0 Å². The van der Waals surface area contributed by atoms with Crippen LogP contribution in [0, 0.1) is 57.2 Å². The molecule has 0 N–H and O–H groups in total. The van der Waals surface area contributed by atoms with Crippen molar-refractivity contribution >= 4 is 11.8 Å². The summed E-state index contributed by atoms with van der Waals surface area (Å²) >= 11 is 0. The van der Waals surface area contributed by atoms with Crippen LogP contribution in [0.3, 0.4) is 0 Å². The molecule has 0 aliphatic heterocycles. The number of nitriles is 2. The average Bonchev–Trinajstić information content (AvgIpc) is 3.35. The van der Waals surface area contributed by atoms with Crippen LogP contribution in [-0.4, -0.2) is 11.8 Å². The lowest BCUT2D eigenvalue weighted by Crippen LogP contribution is -2.50. The van der Waals surface area contributed by atoms with Gasteiger partial charge in [-0.3, -0.25) is 9.59 Å². The molecule has 1 aromatic rings. The van der Waals surface area contributed by atoms with E-state index in [-0.39, 0.29) is 11.2 Å². The lowest BCUT2D eigenvalue weighted by molar-refractivity contribution is -0.145. The molecule has 0 radical (unpaired) electrons. The van der Waals surface area contributed by atoms with Gasteiger partial charge in [-0.05, 0) is 74.0 Å². The van der Waals surface area contributed by atoms with Gasteiger partial charge in [0.05, 0.1) is 18.1 Å². The predicted molar refractivity (Wildman–Crippen MR) is 103 cm³/mol. The molecule has 1 aromatic carbocycles. The summed E-state index contributed by atoms with van der Waals surface area (Å²) in [5.74, 6) is 1.16. The molecule has 0 heterocycles. The molecule has 29 heavy (non-hydrogen) atoms. The van der Waals surface area contributed by atoms with Crippen molar-refractivity contribution in [1.82, 2.24) is 0 Å². The molecule has 4 bridgehead atoms. The van der Waals surface area contributed by atoms with Crippen LogP contribution < -0.4 is 4.74 Å². The molecule has 5 heteroatoms. The number of esters is 1. The van der Waals surface area contributed by atoms with E-state index in [1.807, 2.05) is 0 Å². The van der Waals surface area contributed by atoms with Crippen molar-refractivity contribution < 1.29 is 14.3 Å². The average molecular weight is 388 g/mol. The largest absolute Gasteiger partial charge is 0.427 e. The maximum absolute atomic E-state index is 13.8. The number of Topliss-reactive ketones (excluding diaryl/α,β-unsaturated/α-hetero) is 1. The number of carbonyl (C=O) groups is 2. The molecule has 1 unspecified atom stereocenters. The molecule has 148 valence electrons. The molecule has 2 atom stereocenters. The zero-order valence-electron chi connectivity index (χ0n) is 16.6. The lowest BCUT2D eigenvalue weighted by atomic mass is 9.48. The van der Waals surface area contributed by atoms with Crippen molar-refractivity contribution in [3.63, 3.8) is 0 Å². The van der Waals surface area contributed by atoms with E-state index in [2.05, 4.69) is 12.1 Å². The Balaban J connectivity index is 1.45. The number of hydrogen-bond acceptors (Lipinski definition) is 5. The van der Waals surface area contributed by atoms with Crippen molar-refractivity contribution in [3.8, 4) is 17.9 Å². The molecule has 0 aromatic heterocycles. The molecular formula is C24H24N2O3. The van der Waals surface area contributed by atoms with E-state index in [4.69, 9.17) is 4.74 Å². The number of nitrogens with zero attached hydrogens (tertiary/aromatic N) is 2. The Bertz CT molecular complexity index is 916. The van der Waals surface area contributed by atoms with Crippen LogP contribution >= 0.6 is 0 Å². The first-order chi connectivity index (χ1) is 13.9. The number of carbonyl (C=O) groups excluding carboxylic acids is 2. The van der Waals surface area contributed by atoms with Crippen LogP contribution in [0.15, 0.2) is 24.3 Å². The highest BCUT2D eigenvalue weighted by molar-refractivity contribution is 5.94. The smallest absolute Gasteiger partial charge is 0.308 e. The third-order valence-corrected chi connectivity index (χ3v) is 7.92. The first-order valence-corrected chi connectivity index (χ1v) is 10.6. The molecule has 0 saturated heterocycles. The van der Waals surface area contributed by atoms with Crippen LogP contribution in [0.5, 0.6) is 5.75 Å². The van der Waals surface area contributed by atoms with Crippen LogP contribution in [0.2, 0.25) is 0 Å². The van der Waals surface area contributed by atoms with Gasteiger partial charge in [-0.15, -0.1) is 0 Å². The summed E-state index contributed by atoms with van der Waals surface area (Å²) in [6.45, 7) is 1.34. The summed E-state index contributed by atoms with van der Waals surface area (Å²) in [5.41, 5.74) is -0.791. The van der Waals surface area contributed by atoms with Gasteiger partial charge in [-0.1, -0.05) is 12.1 Å². The van der Waals surface area contributed by atoms with Gasteiger partial charge in [0.1, 0.15) is 11.5 Å². The summed E-state index contributed by atoms with van der Waals surface area (Å²) in [5, 5.41) is 19.7. The van der Waals surface area contributed by atoms with E-state index in [1.54, 1.807) is 24.3 Å². The Morgan fingerprint density at radius 1 is 0.966 bits per heavy atom. The number of ether oxygens (including phenoxy) is 1. The fourth-order valence-corrected chi connectivity index (χ4v) is 7.16. The summed E-state index contributed by atoms with van der Waals surface area (Å²) in [6.07, 6.45) is 6.58. The molecular weight excluding hydrogens is 364 g/mol. The van der Waals surface area contributed by atoms with Crippen LogP contribution in [0.1, 0.15) is 56.9 Å². The van der Waals surface area contributed by atoms with E-state index >= 15 is 0 Å². The Kier molecular flexibility index (Phi) is 3.91. The minimum absolute atomic E-state index is 0.161. The van der Waals surface area contributed by atoms with E-state index in [1.165, 1.54) is 26.2 Å². The zero-order valence-corrected chi connectivity index (χ0v) is 16.6. The monoisotopic (exact) mass is 388 g/mol. The highest BCUT2D eigenvalue weighted by atomic mass is 16.5. The second kappa shape index (κ2) is 6.17. The highest BCUT2D eigenvalue weighted by Crippen LogP contribution is 2.70. The molecule has 6 rings (SSSR count). The molecule has 0 spiro atoms. The maximum atomic E-state index is 13.8. The van der Waals surface area contributed by atoms with Crippen LogP contribution in [0.25, 0.3) is 0 Å². The summed E-state index contributed by atoms with van der Waals surface area (Å²) in [7, 11) is 0. The van der Waals surface area contributed by atoms with E-state index in [9.17, 15) is 20.1 Å². The summed E-state index contributed by atoms with van der Waals surface area (Å²) < 4.78 is 5.08. The lowest BCUT2D eigenvalue weighted by Gasteiger charge is -2.56. The minimum Gasteiger partial charge on any atom is -0.427 e. The van der Waals surface area contributed by atoms with Gasteiger partial charge < -0.3 is 4.74 Å². The van der Waals surface area contributed by atoms with E-state index in [0.717, 1.165) is 24.8 Å². The third kappa shape index (κ3) is 2.64.